The van der Waals surface area contributed by atoms with Gasteiger partial charge in [0.05, 0.1) is 0 Å². The van der Waals surface area contributed by atoms with E-state index in [1.165, 1.54) is 218 Å². The quantitative estimate of drug-likeness (QED) is 0.0261. The van der Waals surface area contributed by atoms with E-state index in [-0.39, 0.29) is 31.1 Å². The fourth-order valence-corrected chi connectivity index (χ4v) is 9.50. The molecule has 6 nitrogen and oxygen atoms in total. The van der Waals surface area contributed by atoms with Gasteiger partial charge in [0.25, 0.3) is 0 Å². The van der Waals surface area contributed by atoms with Crippen molar-refractivity contribution >= 4 is 17.9 Å². The second-order valence-electron chi connectivity index (χ2n) is 22.0. The fraction of sp³-hybridized carbons (Fsp3) is 0.812. The second kappa shape index (κ2) is 63.6. The Morgan fingerprint density at radius 2 is 0.480 bits per heavy atom. The molecule has 0 saturated carbocycles. The number of allylic oxidation sites excluding steroid dienone is 10. The molecule has 0 amide bonds. The molecule has 0 aromatic rings. The maximum atomic E-state index is 12.9. The summed E-state index contributed by atoms with van der Waals surface area (Å²) in [4.78, 5) is 38.3. The molecule has 1 atom stereocenters. The summed E-state index contributed by atoms with van der Waals surface area (Å²) in [6, 6.07) is 0. The van der Waals surface area contributed by atoms with Crippen molar-refractivity contribution in [3.8, 4) is 0 Å². The molecular formula is C69H124O6. The van der Waals surface area contributed by atoms with E-state index < -0.39 is 6.10 Å². The van der Waals surface area contributed by atoms with Crippen LogP contribution in [0.1, 0.15) is 342 Å². The third kappa shape index (κ3) is 61.8. The van der Waals surface area contributed by atoms with E-state index in [2.05, 4.69) is 81.5 Å². The molecule has 0 aliphatic heterocycles. The Labute approximate surface area is 466 Å². The summed E-state index contributed by atoms with van der Waals surface area (Å²) in [5.41, 5.74) is 0. The molecule has 0 aromatic carbocycles. The lowest BCUT2D eigenvalue weighted by molar-refractivity contribution is -0.167. The van der Waals surface area contributed by atoms with Gasteiger partial charge < -0.3 is 14.2 Å². The first kappa shape index (κ1) is 72.1. The van der Waals surface area contributed by atoms with Crippen molar-refractivity contribution in [3.05, 3.63) is 60.8 Å². The van der Waals surface area contributed by atoms with Gasteiger partial charge in [0.15, 0.2) is 6.10 Å². The molecule has 75 heavy (non-hydrogen) atoms. The summed E-state index contributed by atoms with van der Waals surface area (Å²) in [6.45, 7) is 6.62. The van der Waals surface area contributed by atoms with Gasteiger partial charge in [-0.15, -0.1) is 0 Å². The third-order valence-electron chi connectivity index (χ3n) is 14.5. The highest BCUT2D eigenvalue weighted by Gasteiger charge is 2.19. The van der Waals surface area contributed by atoms with Gasteiger partial charge in [0.1, 0.15) is 13.2 Å². The second-order valence-corrected chi connectivity index (χ2v) is 22.0. The first-order chi connectivity index (χ1) is 37.0. The predicted octanol–water partition coefficient (Wildman–Crippen LogP) is 22.3. The lowest BCUT2D eigenvalue weighted by Crippen LogP contribution is -2.30. The molecule has 0 saturated heterocycles. The van der Waals surface area contributed by atoms with Crippen LogP contribution < -0.4 is 0 Å². The minimum Gasteiger partial charge on any atom is -0.462 e. The zero-order valence-electron chi connectivity index (χ0n) is 50.1. The Kier molecular flexibility index (Phi) is 61.2. The third-order valence-corrected chi connectivity index (χ3v) is 14.5. The fourth-order valence-electron chi connectivity index (χ4n) is 9.50. The largest absolute Gasteiger partial charge is 0.462 e. The van der Waals surface area contributed by atoms with Gasteiger partial charge in [-0.05, 0) is 109 Å². The van der Waals surface area contributed by atoms with Gasteiger partial charge in [0.2, 0.25) is 0 Å². The van der Waals surface area contributed by atoms with Gasteiger partial charge in [-0.3, -0.25) is 14.4 Å². The highest BCUT2D eigenvalue weighted by Crippen LogP contribution is 2.17. The van der Waals surface area contributed by atoms with E-state index in [9.17, 15) is 14.4 Å². The normalized spacial score (nSPS) is 12.4. The van der Waals surface area contributed by atoms with Crippen LogP contribution >= 0.6 is 0 Å². The van der Waals surface area contributed by atoms with Crippen molar-refractivity contribution < 1.29 is 28.6 Å². The standard InChI is InChI=1S/C69H124O6/c1-4-7-10-13-16-19-22-25-28-30-32-33-34-35-37-38-41-44-47-50-53-56-59-62-68(71)74-65-66(64-73-67(70)61-58-55-52-49-46-43-40-27-24-21-18-15-12-9-6-3)75-69(72)63-60-57-54-51-48-45-42-39-36-31-29-26-23-20-17-14-11-8-5-2/h17-18,20-21,26-27,29-30,32,40,66H,4-16,19,22-25,28,31,33-39,41-65H2,1-3H3/b20-17-,21-18-,29-26-,32-30-,40-27-. The van der Waals surface area contributed by atoms with Crippen molar-refractivity contribution in [2.24, 2.45) is 0 Å². The lowest BCUT2D eigenvalue weighted by Gasteiger charge is -2.18. The van der Waals surface area contributed by atoms with E-state index in [4.69, 9.17) is 14.2 Å². The summed E-state index contributed by atoms with van der Waals surface area (Å²) < 4.78 is 16.9. The van der Waals surface area contributed by atoms with Crippen LogP contribution in [-0.2, 0) is 28.6 Å². The molecule has 0 bridgehead atoms. The van der Waals surface area contributed by atoms with E-state index in [1.54, 1.807) is 0 Å². The summed E-state index contributed by atoms with van der Waals surface area (Å²) in [5, 5.41) is 0. The summed E-state index contributed by atoms with van der Waals surface area (Å²) in [7, 11) is 0. The van der Waals surface area contributed by atoms with E-state index in [0.29, 0.717) is 19.3 Å². The number of rotatable bonds is 60. The molecule has 0 heterocycles. The SMILES string of the molecule is CCCCC/C=C\C/C=C\CCCCCCCCCCCC(=O)OC(COC(=O)CCCCCCC/C=C\C/C=C\CCCCC)COC(=O)CCCCCCCCCCCCC/C=C\CCCCCCCCCC. The zero-order chi connectivity index (χ0) is 54.3. The lowest BCUT2D eigenvalue weighted by atomic mass is 10.0. The molecule has 1 unspecified atom stereocenters. The molecule has 0 spiro atoms. The maximum Gasteiger partial charge on any atom is 0.306 e. The number of hydrogen-bond acceptors (Lipinski definition) is 6. The first-order valence-electron chi connectivity index (χ1n) is 32.8. The highest BCUT2D eigenvalue weighted by molar-refractivity contribution is 5.71. The van der Waals surface area contributed by atoms with Crippen LogP contribution in [0, 0.1) is 0 Å². The van der Waals surface area contributed by atoms with Crippen LogP contribution in [-0.4, -0.2) is 37.2 Å². The molecule has 0 N–H and O–H groups in total. The highest BCUT2D eigenvalue weighted by atomic mass is 16.6. The van der Waals surface area contributed by atoms with Gasteiger partial charge in [-0.2, -0.15) is 0 Å². The van der Waals surface area contributed by atoms with Gasteiger partial charge in [-0.25, -0.2) is 0 Å². The van der Waals surface area contributed by atoms with E-state index in [1.807, 2.05) is 0 Å². The van der Waals surface area contributed by atoms with Crippen molar-refractivity contribution in [2.75, 3.05) is 13.2 Å². The molecular weight excluding hydrogens is 925 g/mol. The smallest absolute Gasteiger partial charge is 0.306 e. The van der Waals surface area contributed by atoms with Crippen LogP contribution in [0.5, 0.6) is 0 Å². The first-order valence-corrected chi connectivity index (χ1v) is 32.8. The molecule has 0 aliphatic rings. The van der Waals surface area contributed by atoms with E-state index in [0.717, 1.165) is 83.5 Å². The number of hydrogen-bond donors (Lipinski definition) is 0. The predicted molar refractivity (Wildman–Crippen MR) is 325 cm³/mol. The molecule has 0 aromatic heterocycles. The molecule has 436 valence electrons. The molecule has 0 aliphatic carbocycles. The summed E-state index contributed by atoms with van der Waals surface area (Å²) in [5.74, 6) is -0.881. The number of unbranched alkanes of at least 4 members (excludes halogenated alkanes) is 39. The van der Waals surface area contributed by atoms with Crippen molar-refractivity contribution in [2.45, 2.75) is 348 Å². The Balaban J connectivity index is 4.33. The number of esters is 3. The maximum absolute atomic E-state index is 12.9. The summed E-state index contributed by atoms with van der Waals surface area (Å²) >= 11 is 0. The van der Waals surface area contributed by atoms with Crippen LogP contribution in [0.25, 0.3) is 0 Å². The average molecular weight is 1050 g/mol. The van der Waals surface area contributed by atoms with Crippen molar-refractivity contribution in [3.63, 3.8) is 0 Å². The molecule has 0 radical (unpaired) electrons. The topological polar surface area (TPSA) is 78.9 Å². The number of ether oxygens (including phenoxy) is 3. The monoisotopic (exact) mass is 1050 g/mol. The van der Waals surface area contributed by atoms with Crippen molar-refractivity contribution in [1.29, 1.82) is 0 Å². The van der Waals surface area contributed by atoms with Gasteiger partial charge >= 0.3 is 17.9 Å². The molecule has 0 fully saturated rings. The van der Waals surface area contributed by atoms with Crippen molar-refractivity contribution in [1.82, 2.24) is 0 Å². The average Bonchev–Trinajstić information content (AvgIpc) is 3.41. The summed E-state index contributed by atoms with van der Waals surface area (Å²) in [6.07, 6.45) is 80.8. The van der Waals surface area contributed by atoms with E-state index >= 15 is 0 Å². The van der Waals surface area contributed by atoms with Crippen LogP contribution in [0.15, 0.2) is 60.8 Å². The molecule has 0 rings (SSSR count). The van der Waals surface area contributed by atoms with Gasteiger partial charge in [0, 0.05) is 19.3 Å². The van der Waals surface area contributed by atoms with Crippen LogP contribution in [0.3, 0.4) is 0 Å². The molecule has 6 heteroatoms. The number of carbonyl (C=O) groups excluding carboxylic acids is 3. The minimum absolute atomic E-state index is 0.0789. The zero-order valence-corrected chi connectivity index (χ0v) is 50.1. The van der Waals surface area contributed by atoms with Crippen LogP contribution in [0.4, 0.5) is 0 Å². The Morgan fingerprint density at radius 1 is 0.267 bits per heavy atom. The van der Waals surface area contributed by atoms with Gasteiger partial charge in [-0.1, -0.05) is 274 Å². The Morgan fingerprint density at radius 3 is 0.773 bits per heavy atom. The Hall–Kier alpha value is -2.89. The Bertz CT molecular complexity index is 1340. The number of carbonyl (C=O) groups is 3. The van der Waals surface area contributed by atoms with Crippen LogP contribution in [0.2, 0.25) is 0 Å². The minimum atomic E-state index is -0.783.